The Balaban J connectivity index is 6.07. The van der Waals surface area contributed by atoms with Crippen molar-refractivity contribution in [1.29, 1.82) is 0 Å². The Morgan fingerprint density at radius 3 is 1.56 bits per heavy atom. The SMILES string of the molecule is CCC(C)(CC(C)(C)C(=O)O)C(=O)OCC(C(F)F)C(F)(F)C(F)(F)C(F)(F)C(F)(F)C(F)F. The third-order valence-electron chi connectivity index (χ3n) is 5.35. The molecule has 2 unspecified atom stereocenters. The van der Waals surface area contributed by atoms with Crippen LogP contribution < -0.4 is 0 Å². The van der Waals surface area contributed by atoms with E-state index in [1.165, 1.54) is 6.92 Å². The first-order chi connectivity index (χ1) is 14.9. The van der Waals surface area contributed by atoms with Gasteiger partial charge in [-0.1, -0.05) is 6.92 Å². The van der Waals surface area contributed by atoms with Crippen LogP contribution in [0.1, 0.15) is 40.5 Å². The van der Waals surface area contributed by atoms with Crippen LogP contribution in [0.4, 0.5) is 52.7 Å². The van der Waals surface area contributed by atoms with Crippen molar-refractivity contribution in [2.75, 3.05) is 6.61 Å². The third kappa shape index (κ3) is 5.66. The predicted molar refractivity (Wildman–Crippen MR) is 90.7 cm³/mol. The first-order valence-corrected chi connectivity index (χ1v) is 9.35. The topological polar surface area (TPSA) is 63.6 Å². The lowest BCUT2D eigenvalue weighted by atomic mass is 9.72. The lowest BCUT2D eigenvalue weighted by molar-refractivity contribution is -0.396. The normalized spacial score (nSPS) is 17.0. The first-order valence-electron chi connectivity index (χ1n) is 9.35. The number of carboxylic acid groups (broad SMARTS) is 1. The van der Waals surface area contributed by atoms with Gasteiger partial charge < -0.3 is 9.84 Å². The van der Waals surface area contributed by atoms with E-state index in [1.807, 2.05) is 0 Å². The fraction of sp³-hybridized carbons (Fsp3) is 0.889. The van der Waals surface area contributed by atoms with Crippen molar-refractivity contribution in [2.45, 2.75) is 77.1 Å². The highest BCUT2D eigenvalue weighted by molar-refractivity contribution is 5.79. The van der Waals surface area contributed by atoms with Gasteiger partial charge in [0.2, 0.25) is 0 Å². The van der Waals surface area contributed by atoms with Crippen molar-refractivity contribution in [3.8, 4) is 0 Å². The second-order valence-electron chi connectivity index (χ2n) is 8.51. The molecule has 0 rings (SSSR count). The van der Waals surface area contributed by atoms with E-state index in [9.17, 15) is 62.3 Å². The molecule has 16 heteroatoms. The summed E-state index contributed by atoms with van der Waals surface area (Å²) in [5, 5.41) is 9.13. The molecule has 0 amide bonds. The largest absolute Gasteiger partial charge is 0.481 e. The van der Waals surface area contributed by atoms with Gasteiger partial charge in [0.1, 0.15) is 12.5 Å². The number of hydrogen-bond acceptors (Lipinski definition) is 3. The molecule has 0 radical (unpaired) electrons. The minimum Gasteiger partial charge on any atom is -0.481 e. The van der Waals surface area contributed by atoms with Crippen molar-refractivity contribution < 1.29 is 72.1 Å². The second kappa shape index (κ2) is 9.99. The Labute approximate surface area is 185 Å². The van der Waals surface area contributed by atoms with E-state index in [1.54, 1.807) is 0 Å². The molecule has 0 aromatic rings. The molecule has 0 aliphatic heterocycles. The molecular weight excluding hydrogens is 508 g/mol. The van der Waals surface area contributed by atoms with E-state index >= 15 is 0 Å². The van der Waals surface area contributed by atoms with E-state index < -0.39 is 78.3 Å². The zero-order valence-electron chi connectivity index (χ0n) is 18.1. The van der Waals surface area contributed by atoms with Crippen molar-refractivity contribution in [3.63, 3.8) is 0 Å². The maximum absolute atomic E-state index is 14.1. The minimum absolute atomic E-state index is 0.285. The van der Waals surface area contributed by atoms with Gasteiger partial charge in [-0.3, -0.25) is 9.59 Å². The van der Waals surface area contributed by atoms with E-state index in [2.05, 4.69) is 4.74 Å². The molecule has 2 atom stereocenters. The van der Waals surface area contributed by atoms with Gasteiger partial charge in [0, 0.05) is 0 Å². The summed E-state index contributed by atoms with van der Waals surface area (Å²) in [7, 11) is 0. The number of ether oxygens (including phenoxy) is 1. The van der Waals surface area contributed by atoms with Gasteiger partial charge >= 0.3 is 42.1 Å². The number of carboxylic acids is 1. The fourth-order valence-electron chi connectivity index (χ4n) is 2.86. The Bertz CT molecular complexity index is 738. The Kier molecular flexibility index (Phi) is 9.43. The van der Waals surface area contributed by atoms with Crippen molar-refractivity contribution >= 4 is 11.9 Å². The van der Waals surface area contributed by atoms with Crippen LogP contribution in [0.2, 0.25) is 0 Å². The zero-order chi connectivity index (χ0) is 27.7. The third-order valence-corrected chi connectivity index (χ3v) is 5.35. The van der Waals surface area contributed by atoms with Crippen LogP contribution in [0.5, 0.6) is 0 Å². The van der Waals surface area contributed by atoms with Gasteiger partial charge in [-0.25, -0.2) is 17.6 Å². The van der Waals surface area contributed by atoms with Crippen LogP contribution in [0.15, 0.2) is 0 Å². The summed E-state index contributed by atoms with van der Waals surface area (Å²) in [4.78, 5) is 23.5. The van der Waals surface area contributed by atoms with Gasteiger partial charge in [0.15, 0.2) is 0 Å². The number of carbonyl (C=O) groups excluding carboxylic acids is 1. The molecule has 0 bridgehead atoms. The molecule has 0 aliphatic carbocycles. The highest BCUT2D eigenvalue weighted by Crippen LogP contribution is 2.57. The second-order valence-corrected chi connectivity index (χ2v) is 8.51. The molecule has 0 saturated carbocycles. The standard InChI is InChI=1S/C18H22F12O4/c1-5-14(4,7-13(2,3)11(31)32)12(33)34-6-8(9(19)20)15(23,24)17(27,28)18(29,30)16(25,26)10(21)22/h8-10H,5-7H2,1-4H3,(H,31,32). The molecule has 34 heavy (non-hydrogen) atoms. The van der Waals surface area contributed by atoms with Gasteiger partial charge in [-0.15, -0.1) is 0 Å². The lowest BCUT2D eigenvalue weighted by Gasteiger charge is -2.39. The number of esters is 1. The van der Waals surface area contributed by atoms with Crippen LogP contribution in [-0.2, 0) is 14.3 Å². The van der Waals surface area contributed by atoms with Crippen LogP contribution in [-0.4, -0.2) is 60.2 Å². The summed E-state index contributed by atoms with van der Waals surface area (Å²) < 4.78 is 163. The maximum atomic E-state index is 14.1. The molecule has 1 N–H and O–H groups in total. The lowest BCUT2D eigenvalue weighted by Crippen LogP contribution is -2.67. The van der Waals surface area contributed by atoms with Gasteiger partial charge in [-0.05, 0) is 33.6 Å². The Morgan fingerprint density at radius 2 is 1.24 bits per heavy atom. The molecule has 0 spiro atoms. The molecule has 0 fully saturated rings. The molecule has 0 saturated heterocycles. The molecule has 0 aromatic carbocycles. The molecule has 0 heterocycles. The fourth-order valence-corrected chi connectivity index (χ4v) is 2.86. The van der Waals surface area contributed by atoms with Crippen molar-refractivity contribution in [1.82, 2.24) is 0 Å². The minimum atomic E-state index is -7.49. The van der Waals surface area contributed by atoms with E-state index in [0.717, 1.165) is 20.8 Å². The smallest absolute Gasteiger partial charge is 0.384 e. The van der Waals surface area contributed by atoms with Crippen molar-refractivity contribution in [2.24, 2.45) is 16.7 Å². The zero-order valence-corrected chi connectivity index (χ0v) is 18.1. The summed E-state index contributed by atoms with van der Waals surface area (Å²) >= 11 is 0. The van der Waals surface area contributed by atoms with Gasteiger partial charge in [0.05, 0.1) is 10.8 Å². The van der Waals surface area contributed by atoms with Crippen LogP contribution in [0.25, 0.3) is 0 Å². The summed E-state index contributed by atoms with van der Waals surface area (Å²) in [6.45, 7) is 2.12. The number of halogens is 12. The van der Waals surface area contributed by atoms with Crippen LogP contribution in [0.3, 0.4) is 0 Å². The number of alkyl halides is 12. The highest BCUT2D eigenvalue weighted by Gasteiger charge is 2.84. The Hall–Kier alpha value is -1.90. The maximum Gasteiger partial charge on any atom is 0.384 e. The Morgan fingerprint density at radius 1 is 0.824 bits per heavy atom. The predicted octanol–water partition coefficient (Wildman–Crippen LogP) is 6.13. The average Bonchev–Trinajstić information content (AvgIpc) is 2.66. The average molecular weight is 530 g/mol. The van der Waals surface area contributed by atoms with Crippen LogP contribution in [0, 0.1) is 16.7 Å². The number of hydrogen-bond donors (Lipinski definition) is 1. The summed E-state index contributed by atoms with van der Waals surface area (Å²) in [5.74, 6) is -36.2. The van der Waals surface area contributed by atoms with Crippen LogP contribution >= 0.6 is 0 Å². The highest BCUT2D eigenvalue weighted by atomic mass is 19.4. The molecule has 0 aliphatic rings. The molecule has 202 valence electrons. The first kappa shape index (κ1) is 32.1. The van der Waals surface area contributed by atoms with E-state index in [4.69, 9.17) is 5.11 Å². The number of aliphatic carboxylic acids is 1. The summed E-state index contributed by atoms with van der Waals surface area (Å²) in [6.07, 6.45) is -11.1. The molecule has 0 aromatic heterocycles. The van der Waals surface area contributed by atoms with E-state index in [-0.39, 0.29) is 6.42 Å². The monoisotopic (exact) mass is 530 g/mol. The number of rotatable bonds is 13. The van der Waals surface area contributed by atoms with Gasteiger partial charge in [-0.2, -0.15) is 35.1 Å². The molecular formula is C18H22F12O4. The summed E-state index contributed by atoms with van der Waals surface area (Å²) in [6, 6.07) is 0. The quantitative estimate of drug-likeness (QED) is 0.230. The van der Waals surface area contributed by atoms with Gasteiger partial charge in [0.25, 0.3) is 6.43 Å². The molecule has 4 nitrogen and oxygen atoms in total. The van der Waals surface area contributed by atoms with Crippen molar-refractivity contribution in [3.05, 3.63) is 0 Å². The summed E-state index contributed by atoms with van der Waals surface area (Å²) in [5.41, 5.74) is -3.54. The van der Waals surface area contributed by atoms with E-state index in [0.29, 0.717) is 0 Å². The number of carbonyl (C=O) groups is 2.